The monoisotopic (exact) mass is 148 g/mol. The quantitative estimate of drug-likeness (QED) is 0.650. The van der Waals surface area contributed by atoms with E-state index in [1.165, 1.54) is 12.8 Å². The summed E-state index contributed by atoms with van der Waals surface area (Å²) in [6.07, 6.45) is 4.26. The van der Waals surface area contributed by atoms with Crippen LogP contribution in [0.15, 0.2) is 18.3 Å². The molecule has 0 saturated heterocycles. The molecule has 2 heteroatoms. The van der Waals surface area contributed by atoms with E-state index in [2.05, 4.69) is 11.1 Å². The van der Waals surface area contributed by atoms with E-state index in [0.29, 0.717) is 0 Å². The van der Waals surface area contributed by atoms with Crippen LogP contribution in [-0.4, -0.2) is 11.6 Å². The molecule has 1 saturated carbocycles. The lowest BCUT2D eigenvalue weighted by Gasteiger charge is -2.01. The van der Waals surface area contributed by atoms with Crippen LogP contribution in [-0.2, 0) is 0 Å². The molecule has 0 unspecified atom stereocenters. The van der Waals surface area contributed by atoms with Gasteiger partial charge >= 0.3 is 0 Å². The normalized spacial score (nSPS) is 16.4. The molecule has 1 aromatic heterocycles. The Bertz CT molecular complexity index is 218. The van der Waals surface area contributed by atoms with Crippen molar-refractivity contribution in [3.8, 4) is 5.88 Å². The van der Waals surface area contributed by atoms with E-state index >= 15 is 0 Å². The lowest BCUT2D eigenvalue weighted by atomic mass is 10.4. The molecule has 1 aromatic rings. The highest BCUT2D eigenvalue weighted by Crippen LogP contribution is 2.28. The zero-order chi connectivity index (χ0) is 7.52. The van der Waals surface area contributed by atoms with Gasteiger partial charge in [-0.2, -0.15) is 0 Å². The number of aromatic nitrogens is 1. The number of nitrogens with zero attached hydrogens (tertiary/aromatic N) is 1. The summed E-state index contributed by atoms with van der Waals surface area (Å²) in [5.41, 5.74) is 0. The Morgan fingerprint density at radius 3 is 3.18 bits per heavy atom. The summed E-state index contributed by atoms with van der Waals surface area (Å²) in [7, 11) is 0. The smallest absolute Gasteiger partial charge is 0.213 e. The third kappa shape index (κ3) is 1.93. The van der Waals surface area contributed by atoms with Crippen LogP contribution < -0.4 is 4.74 Å². The maximum Gasteiger partial charge on any atom is 0.213 e. The minimum Gasteiger partial charge on any atom is -0.477 e. The van der Waals surface area contributed by atoms with Gasteiger partial charge in [0.1, 0.15) is 0 Å². The van der Waals surface area contributed by atoms with Crippen molar-refractivity contribution in [3.63, 3.8) is 0 Å². The van der Waals surface area contributed by atoms with Crippen LogP contribution in [0.1, 0.15) is 12.8 Å². The van der Waals surface area contributed by atoms with E-state index in [9.17, 15) is 0 Å². The topological polar surface area (TPSA) is 22.1 Å². The number of hydrogen-bond donors (Lipinski definition) is 0. The zero-order valence-electron chi connectivity index (χ0n) is 6.29. The van der Waals surface area contributed by atoms with E-state index in [-0.39, 0.29) is 0 Å². The Morgan fingerprint density at radius 1 is 1.64 bits per heavy atom. The molecule has 0 amide bonds. The van der Waals surface area contributed by atoms with Gasteiger partial charge in [-0.05, 0) is 24.8 Å². The van der Waals surface area contributed by atoms with Crippen LogP contribution >= 0.6 is 0 Å². The minimum atomic E-state index is 0.718. The first-order valence-electron chi connectivity index (χ1n) is 3.90. The molecule has 1 heterocycles. The molecular formula is C9H10NO. The molecule has 1 aliphatic carbocycles. The summed E-state index contributed by atoms with van der Waals surface area (Å²) >= 11 is 0. The molecule has 0 N–H and O–H groups in total. The summed E-state index contributed by atoms with van der Waals surface area (Å²) in [4.78, 5) is 4.00. The van der Waals surface area contributed by atoms with Crippen molar-refractivity contribution in [3.05, 3.63) is 24.4 Å². The van der Waals surface area contributed by atoms with Gasteiger partial charge in [-0.3, -0.25) is 0 Å². The lowest BCUT2D eigenvalue weighted by Crippen LogP contribution is -1.99. The number of pyridine rings is 1. The van der Waals surface area contributed by atoms with Gasteiger partial charge in [0, 0.05) is 18.3 Å². The average molecular weight is 148 g/mol. The molecule has 0 aliphatic heterocycles. The predicted octanol–water partition coefficient (Wildman–Crippen LogP) is 1.67. The van der Waals surface area contributed by atoms with Gasteiger partial charge in [-0.25, -0.2) is 4.98 Å². The fourth-order valence-corrected chi connectivity index (χ4v) is 0.879. The zero-order valence-corrected chi connectivity index (χ0v) is 6.29. The molecule has 1 fully saturated rings. The minimum absolute atomic E-state index is 0.718. The second-order valence-electron chi connectivity index (χ2n) is 2.85. The van der Waals surface area contributed by atoms with Crippen molar-refractivity contribution in [1.29, 1.82) is 0 Å². The SMILES string of the molecule is [c]1ccc(OCC2CC2)nc1. The molecule has 1 aliphatic rings. The number of rotatable bonds is 3. The maximum atomic E-state index is 5.40. The molecule has 0 bridgehead atoms. The Balaban J connectivity index is 1.85. The fourth-order valence-electron chi connectivity index (χ4n) is 0.879. The first-order chi connectivity index (χ1) is 5.45. The fraction of sp³-hybridized carbons (Fsp3) is 0.444. The van der Waals surface area contributed by atoms with Gasteiger partial charge in [0.2, 0.25) is 5.88 Å². The molecule has 0 atom stereocenters. The van der Waals surface area contributed by atoms with Gasteiger partial charge < -0.3 is 4.74 Å². The Hall–Kier alpha value is -1.05. The van der Waals surface area contributed by atoms with Crippen LogP contribution in [0.3, 0.4) is 0 Å². The van der Waals surface area contributed by atoms with E-state index in [0.717, 1.165) is 18.4 Å². The third-order valence-corrected chi connectivity index (χ3v) is 1.75. The van der Waals surface area contributed by atoms with E-state index in [4.69, 9.17) is 4.74 Å². The van der Waals surface area contributed by atoms with Crippen LogP contribution in [0.4, 0.5) is 0 Å². The van der Waals surface area contributed by atoms with Crippen molar-refractivity contribution in [2.45, 2.75) is 12.8 Å². The summed E-state index contributed by atoms with van der Waals surface area (Å²) in [6, 6.07) is 6.50. The number of hydrogen-bond acceptors (Lipinski definition) is 2. The standard InChI is InChI=1S/C9H10NO/c1-2-6-10-9(3-1)11-7-8-4-5-8/h1,3,6,8H,4-5,7H2. The summed E-state index contributed by atoms with van der Waals surface area (Å²) in [6.45, 7) is 0.830. The van der Waals surface area contributed by atoms with Crippen molar-refractivity contribution in [2.24, 2.45) is 5.92 Å². The second-order valence-corrected chi connectivity index (χ2v) is 2.85. The average Bonchev–Trinajstić information content (AvgIpc) is 2.86. The Morgan fingerprint density at radius 2 is 2.55 bits per heavy atom. The van der Waals surface area contributed by atoms with Crippen molar-refractivity contribution >= 4 is 0 Å². The van der Waals surface area contributed by atoms with Crippen LogP contribution in [0, 0.1) is 12.0 Å². The molecule has 2 nitrogen and oxygen atoms in total. The van der Waals surface area contributed by atoms with Crippen LogP contribution in [0.2, 0.25) is 0 Å². The first kappa shape index (κ1) is 6.65. The molecule has 1 radical (unpaired) electrons. The molecule has 11 heavy (non-hydrogen) atoms. The van der Waals surface area contributed by atoms with E-state index in [1.54, 1.807) is 6.20 Å². The highest BCUT2D eigenvalue weighted by Gasteiger charge is 2.21. The summed E-state index contributed by atoms with van der Waals surface area (Å²) in [5.74, 6) is 1.51. The highest BCUT2D eigenvalue weighted by atomic mass is 16.5. The van der Waals surface area contributed by atoms with Crippen molar-refractivity contribution in [1.82, 2.24) is 4.98 Å². The predicted molar refractivity (Wildman–Crippen MR) is 41.3 cm³/mol. The molecule has 0 spiro atoms. The van der Waals surface area contributed by atoms with Gasteiger partial charge in [-0.1, -0.05) is 0 Å². The van der Waals surface area contributed by atoms with Crippen molar-refractivity contribution in [2.75, 3.05) is 6.61 Å². The van der Waals surface area contributed by atoms with Crippen LogP contribution in [0.25, 0.3) is 0 Å². The largest absolute Gasteiger partial charge is 0.477 e. The second kappa shape index (κ2) is 2.91. The van der Waals surface area contributed by atoms with E-state index in [1.807, 2.05) is 12.1 Å². The molecular weight excluding hydrogens is 138 g/mol. The Labute approximate surface area is 66.2 Å². The van der Waals surface area contributed by atoms with E-state index < -0.39 is 0 Å². The first-order valence-corrected chi connectivity index (χ1v) is 3.90. The van der Waals surface area contributed by atoms with Crippen LogP contribution in [0.5, 0.6) is 5.88 Å². The molecule has 57 valence electrons. The summed E-state index contributed by atoms with van der Waals surface area (Å²) < 4.78 is 5.40. The molecule has 2 rings (SSSR count). The van der Waals surface area contributed by atoms with Gasteiger partial charge in [0.25, 0.3) is 0 Å². The highest BCUT2D eigenvalue weighted by molar-refractivity contribution is 5.08. The van der Waals surface area contributed by atoms with Crippen molar-refractivity contribution < 1.29 is 4.74 Å². The number of ether oxygens (including phenoxy) is 1. The van der Waals surface area contributed by atoms with Gasteiger partial charge in [-0.15, -0.1) is 0 Å². The lowest BCUT2D eigenvalue weighted by molar-refractivity contribution is 0.288. The Kier molecular flexibility index (Phi) is 1.76. The molecule has 0 aromatic carbocycles. The van der Waals surface area contributed by atoms with Gasteiger partial charge in [0.05, 0.1) is 6.61 Å². The maximum absolute atomic E-state index is 5.40. The summed E-state index contributed by atoms with van der Waals surface area (Å²) in [5, 5.41) is 0. The third-order valence-electron chi connectivity index (χ3n) is 1.75. The van der Waals surface area contributed by atoms with Gasteiger partial charge in [0.15, 0.2) is 0 Å².